The number of hydrogen-bond donors (Lipinski definition) is 1. The van der Waals surface area contributed by atoms with Crippen LogP contribution in [0.1, 0.15) is 18.4 Å². The van der Waals surface area contributed by atoms with Crippen molar-refractivity contribution in [3.05, 3.63) is 30.1 Å². The molecule has 0 spiro atoms. The Balaban J connectivity index is 1.86. The van der Waals surface area contributed by atoms with E-state index < -0.39 is 10.0 Å². The van der Waals surface area contributed by atoms with Crippen molar-refractivity contribution in [1.29, 1.82) is 0 Å². The van der Waals surface area contributed by atoms with Crippen molar-refractivity contribution in [3.8, 4) is 0 Å². The number of pyridine rings is 1. The summed E-state index contributed by atoms with van der Waals surface area (Å²) in [6, 6.07) is 4.02. The van der Waals surface area contributed by atoms with Crippen molar-refractivity contribution in [2.75, 3.05) is 25.9 Å². The predicted molar refractivity (Wildman–Crippen MR) is 75.4 cm³/mol. The van der Waals surface area contributed by atoms with Gasteiger partial charge in [-0.15, -0.1) is 0 Å². The van der Waals surface area contributed by atoms with Gasteiger partial charge in [-0.05, 0) is 43.5 Å². The number of nitrogens with one attached hydrogen (secondary N) is 1. The maximum absolute atomic E-state index is 12.2. The minimum absolute atomic E-state index is 0.153. The number of likely N-dealkylation sites (N-methyl/N-ethyl adjacent to an activating group) is 1. The number of rotatable bonds is 6. The second-order valence-corrected chi connectivity index (χ2v) is 7.19. The molecule has 106 valence electrons. The van der Waals surface area contributed by atoms with Crippen LogP contribution < -0.4 is 5.32 Å². The van der Waals surface area contributed by atoms with E-state index in [4.69, 9.17) is 0 Å². The Labute approximate surface area is 115 Å². The molecule has 1 aliphatic rings. The van der Waals surface area contributed by atoms with Gasteiger partial charge in [-0.2, -0.15) is 0 Å². The molecule has 0 amide bonds. The maximum atomic E-state index is 12.2. The van der Waals surface area contributed by atoms with E-state index >= 15 is 0 Å². The van der Waals surface area contributed by atoms with Crippen LogP contribution in [0.4, 0.5) is 0 Å². The lowest BCUT2D eigenvalue weighted by molar-refractivity contribution is 0.417. The standard InChI is InChI=1S/C13H21N3O2S/c1-16(11-13-3-2-7-15-13)19(17,18)10-6-12-4-8-14-9-5-12/h4-5,8-9,13,15H,2-3,6-7,10-11H2,1H3. The maximum Gasteiger partial charge on any atom is 0.214 e. The monoisotopic (exact) mass is 283 g/mol. The topological polar surface area (TPSA) is 62.3 Å². The summed E-state index contributed by atoms with van der Waals surface area (Å²) in [5.41, 5.74) is 1.01. The van der Waals surface area contributed by atoms with Crippen LogP contribution in [0.25, 0.3) is 0 Å². The average Bonchev–Trinajstić information content (AvgIpc) is 2.90. The Kier molecular flexibility index (Phi) is 4.90. The molecule has 0 aliphatic carbocycles. The summed E-state index contributed by atoms with van der Waals surface area (Å²) in [5, 5.41) is 3.32. The third-order valence-electron chi connectivity index (χ3n) is 3.51. The third-order valence-corrected chi connectivity index (χ3v) is 5.33. The molecule has 1 aromatic heterocycles. The van der Waals surface area contributed by atoms with Crippen LogP contribution >= 0.6 is 0 Å². The molecule has 1 aliphatic heterocycles. The Hall–Kier alpha value is -0.980. The molecule has 1 aromatic rings. The summed E-state index contributed by atoms with van der Waals surface area (Å²) < 4.78 is 25.8. The number of aryl methyl sites for hydroxylation is 1. The molecule has 1 unspecified atom stereocenters. The number of hydrogen-bond acceptors (Lipinski definition) is 4. The van der Waals surface area contributed by atoms with E-state index in [1.54, 1.807) is 19.4 Å². The Morgan fingerprint density at radius 2 is 2.16 bits per heavy atom. The van der Waals surface area contributed by atoms with Gasteiger partial charge in [0.05, 0.1) is 5.75 Å². The van der Waals surface area contributed by atoms with E-state index in [2.05, 4.69) is 10.3 Å². The van der Waals surface area contributed by atoms with E-state index in [-0.39, 0.29) is 5.75 Å². The molecule has 2 rings (SSSR count). The van der Waals surface area contributed by atoms with Crippen molar-refractivity contribution in [2.45, 2.75) is 25.3 Å². The molecule has 0 aromatic carbocycles. The molecule has 0 radical (unpaired) electrons. The van der Waals surface area contributed by atoms with Crippen molar-refractivity contribution >= 4 is 10.0 Å². The molecule has 0 saturated carbocycles. The van der Waals surface area contributed by atoms with Crippen LogP contribution in [0, 0.1) is 0 Å². The molecule has 5 nitrogen and oxygen atoms in total. The van der Waals surface area contributed by atoms with Gasteiger partial charge in [-0.25, -0.2) is 12.7 Å². The molecule has 19 heavy (non-hydrogen) atoms. The number of sulfonamides is 1. The van der Waals surface area contributed by atoms with Crippen LogP contribution in [0.3, 0.4) is 0 Å². The van der Waals surface area contributed by atoms with Gasteiger partial charge < -0.3 is 5.32 Å². The first-order chi connectivity index (χ1) is 9.08. The summed E-state index contributed by atoms with van der Waals surface area (Å²) in [6.07, 6.45) is 6.11. The van der Waals surface area contributed by atoms with Gasteiger partial charge in [0.1, 0.15) is 0 Å². The Morgan fingerprint density at radius 1 is 1.42 bits per heavy atom. The summed E-state index contributed by atoms with van der Waals surface area (Å²) in [6.45, 7) is 1.56. The molecule has 2 heterocycles. The Bertz CT molecular complexity index is 484. The molecule has 1 N–H and O–H groups in total. The SMILES string of the molecule is CN(CC1CCCN1)S(=O)(=O)CCc1ccncc1. The summed E-state index contributed by atoms with van der Waals surface area (Å²) in [7, 11) is -1.50. The van der Waals surface area contributed by atoms with Crippen molar-refractivity contribution in [1.82, 2.24) is 14.6 Å². The van der Waals surface area contributed by atoms with Gasteiger partial charge in [-0.1, -0.05) is 0 Å². The normalized spacial score (nSPS) is 20.0. The lowest BCUT2D eigenvalue weighted by Gasteiger charge is -2.21. The van der Waals surface area contributed by atoms with Crippen LogP contribution in [0.15, 0.2) is 24.5 Å². The lowest BCUT2D eigenvalue weighted by atomic mass is 10.2. The first-order valence-electron chi connectivity index (χ1n) is 6.64. The first-order valence-corrected chi connectivity index (χ1v) is 8.25. The van der Waals surface area contributed by atoms with Gasteiger partial charge in [0.2, 0.25) is 10.0 Å². The van der Waals surface area contributed by atoms with Gasteiger partial charge in [0.15, 0.2) is 0 Å². The summed E-state index contributed by atoms with van der Waals surface area (Å²) in [4.78, 5) is 3.93. The Morgan fingerprint density at radius 3 is 2.79 bits per heavy atom. The van der Waals surface area contributed by atoms with Crippen molar-refractivity contribution in [3.63, 3.8) is 0 Å². The number of aromatic nitrogens is 1. The van der Waals surface area contributed by atoms with Crippen LogP contribution in [-0.4, -0.2) is 49.6 Å². The van der Waals surface area contributed by atoms with Gasteiger partial charge in [0.25, 0.3) is 0 Å². The highest BCUT2D eigenvalue weighted by molar-refractivity contribution is 7.89. The zero-order valence-electron chi connectivity index (χ0n) is 11.2. The second-order valence-electron chi connectivity index (χ2n) is 5.00. The van der Waals surface area contributed by atoms with Crippen molar-refractivity contribution < 1.29 is 8.42 Å². The van der Waals surface area contributed by atoms with Gasteiger partial charge in [0, 0.05) is 32.0 Å². The number of nitrogens with zero attached hydrogens (tertiary/aromatic N) is 2. The van der Waals surface area contributed by atoms with Gasteiger partial charge >= 0.3 is 0 Å². The largest absolute Gasteiger partial charge is 0.313 e. The quantitative estimate of drug-likeness (QED) is 0.832. The summed E-state index contributed by atoms with van der Waals surface area (Å²) in [5.74, 6) is 0.153. The first kappa shape index (κ1) is 14.4. The van der Waals surface area contributed by atoms with E-state index in [1.165, 1.54) is 4.31 Å². The van der Waals surface area contributed by atoms with Crippen LogP contribution in [0.5, 0.6) is 0 Å². The minimum Gasteiger partial charge on any atom is -0.313 e. The fourth-order valence-corrected chi connectivity index (χ4v) is 3.50. The van der Waals surface area contributed by atoms with E-state index in [0.29, 0.717) is 19.0 Å². The molecule has 1 fully saturated rings. The highest BCUT2D eigenvalue weighted by Crippen LogP contribution is 2.10. The molecule has 6 heteroatoms. The van der Waals surface area contributed by atoms with E-state index in [0.717, 1.165) is 24.9 Å². The van der Waals surface area contributed by atoms with E-state index in [9.17, 15) is 8.42 Å². The lowest BCUT2D eigenvalue weighted by Crippen LogP contribution is -2.39. The van der Waals surface area contributed by atoms with Crippen molar-refractivity contribution in [2.24, 2.45) is 0 Å². The highest BCUT2D eigenvalue weighted by atomic mass is 32.2. The molecular weight excluding hydrogens is 262 g/mol. The minimum atomic E-state index is -3.17. The van der Waals surface area contributed by atoms with Crippen LogP contribution in [-0.2, 0) is 16.4 Å². The molecule has 0 bridgehead atoms. The molecule has 1 saturated heterocycles. The molecule has 1 atom stereocenters. The zero-order chi connectivity index (χ0) is 13.7. The smallest absolute Gasteiger partial charge is 0.214 e. The fourth-order valence-electron chi connectivity index (χ4n) is 2.29. The fraction of sp³-hybridized carbons (Fsp3) is 0.615. The summed E-state index contributed by atoms with van der Waals surface area (Å²) >= 11 is 0. The van der Waals surface area contributed by atoms with Crippen LogP contribution in [0.2, 0.25) is 0 Å². The highest BCUT2D eigenvalue weighted by Gasteiger charge is 2.23. The third kappa shape index (κ3) is 4.26. The average molecular weight is 283 g/mol. The van der Waals surface area contributed by atoms with Gasteiger partial charge in [-0.3, -0.25) is 4.98 Å². The zero-order valence-corrected chi connectivity index (χ0v) is 12.1. The van der Waals surface area contributed by atoms with E-state index in [1.807, 2.05) is 12.1 Å². The second kappa shape index (κ2) is 6.45. The predicted octanol–water partition coefficient (Wildman–Crippen LogP) is 0.638. The molecular formula is C13H21N3O2S.